The van der Waals surface area contributed by atoms with Crippen LogP contribution < -0.4 is 10.9 Å². The zero-order valence-corrected chi connectivity index (χ0v) is 20.5. The number of hydrogen-bond acceptors (Lipinski definition) is 5. The molecule has 1 amide bonds. The molecular formula is C27H25N5O2S. The summed E-state index contributed by atoms with van der Waals surface area (Å²) < 4.78 is 3.71. The minimum absolute atomic E-state index is 0.0323. The number of anilines is 1. The van der Waals surface area contributed by atoms with Crippen LogP contribution in [-0.2, 0) is 13.0 Å². The van der Waals surface area contributed by atoms with Crippen molar-refractivity contribution in [3.05, 3.63) is 80.8 Å². The number of thiophene rings is 1. The van der Waals surface area contributed by atoms with Crippen molar-refractivity contribution in [3.8, 4) is 11.3 Å². The van der Waals surface area contributed by atoms with E-state index in [1.807, 2.05) is 66.9 Å². The van der Waals surface area contributed by atoms with E-state index in [-0.39, 0.29) is 11.5 Å². The highest BCUT2D eigenvalue weighted by molar-refractivity contribution is 7.20. The summed E-state index contributed by atoms with van der Waals surface area (Å²) in [4.78, 5) is 37.8. The molecule has 6 rings (SSSR count). The van der Waals surface area contributed by atoms with Crippen LogP contribution in [0.1, 0.15) is 45.9 Å². The van der Waals surface area contributed by atoms with E-state index >= 15 is 0 Å². The Morgan fingerprint density at radius 3 is 2.69 bits per heavy atom. The molecule has 35 heavy (non-hydrogen) atoms. The second kappa shape index (κ2) is 8.46. The van der Waals surface area contributed by atoms with Gasteiger partial charge in [-0.25, -0.2) is 9.97 Å². The summed E-state index contributed by atoms with van der Waals surface area (Å²) in [6.07, 6.45) is 5.81. The first kappa shape index (κ1) is 21.7. The molecule has 0 radical (unpaired) electrons. The van der Waals surface area contributed by atoms with E-state index in [2.05, 4.69) is 5.32 Å². The molecule has 0 bridgehead atoms. The third-order valence-corrected chi connectivity index (χ3v) is 7.93. The summed E-state index contributed by atoms with van der Waals surface area (Å²) in [5.41, 5.74) is 4.08. The first-order valence-corrected chi connectivity index (χ1v) is 12.7. The van der Waals surface area contributed by atoms with E-state index in [4.69, 9.17) is 9.97 Å². The lowest BCUT2D eigenvalue weighted by Gasteiger charge is -2.08. The topological polar surface area (TPSA) is 81.3 Å². The van der Waals surface area contributed by atoms with Crippen LogP contribution in [0.3, 0.4) is 0 Å². The van der Waals surface area contributed by atoms with Crippen LogP contribution in [-0.4, -0.2) is 24.8 Å². The summed E-state index contributed by atoms with van der Waals surface area (Å²) in [6, 6.07) is 13.8. The highest BCUT2D eigenvalue weighted by atomic mass is 32.1. The number of fused-ring (bicyclic) bond motifs is 3. The molecule has 1 aliphatic rings. The van der Waals surface area contributed by atoms with Gasteiger partial charge in [0.05, 0.1) is 10.3 Å². The van der Waals surface area contributed by atoms with Crippen molar-refractivity contribution < 1.29 is 4.79 Å². The Morgan fingerprint density at radius 2 is 1.86 bits per heavy atom. The second-order valence-corrected chi connectivity index (χ2v) is 10.0. The van der Waals surface area contributed by atoms with E-state index in [0.717, 1.165) is 48.3 Å². The van der Waals surface area contributed by atoms with E-state index < -0.39 is 0 Å². The second-order valence-electron chi connectivity index (χ2n) is 9.05. The lowest BCUT2D eigenvalue weighted by molar-refractivity contribution is 0.102. The van der Waals surface area contributed by atoms with Crippen molar-refractivity contribution in [1.29, 1.82) is 0 Å². The monoisotopic (exact) mass is 483 g/mol. The number of carbonyl (C=O) groups is 1. The summed E-state index contributed by atoms with van der Waals surface area (Å²) in [5, 5.41) is 3.67. The predicted molar refractivity (Wildman–Crippen MR) is 139 cm³/mol. The third-order valence-electron chi connectivity index (χ3n) is 6.74. The van der Waals surface area contributed by atoms with Crippen LogP contribution in [0.25, 0.3) is 27.1 Å². The number of rotatable bonds is 3. The van der Waals surface area contributed by atoms with Crippen LogP contribution in [0.4, 0.5) is 5.82 Å². The third kappa shape index (κ3) is 3.56. The van der Waals surface area contributed by atoms with E-state index in [1.54, 1.807) is 4.57 Å². The molecule has 5 aromatic rings. The number of carbonyl (C=O) groups excluding carboxylic acids is 1. The largest absolute Gasteiger partial charge is 0.305 e. The number of benzene rings is 1. The molecule has 0 unspecified atom stereocenters. The number of pyridine rings is 1. The molecule has 1 aromatic carbocycles. The molecule has 0 spiro atoms. The van der Waals surface area contributed by atoms with Crippen molar-refractivity contribution in [1.82, 2.24) is 18.9 Å². The maximum atomic E-state index is 13.6. The van der Waals surface area contributed by atoms with Gasteiger partial charge in [-0.2, -0.15) is 0 Å². The molecule has 1 aliphatic heterocycles. The van der Waals surface area contributed by atoms with Gasteiger partial charge in [0, 0.05) is 24.7 Å². The first-order valence-electron chi connectivity index (χ1n) is 11.9. The van der Waals surface area contributed by atoms with Crippen LogP contribution in [0, 0.1) is 13.8 Å². The number of nitrogens with zero attached hydrogens (tertiary/aromatic N) is 4. The number of amides is 1. The molecular weight excluding hydrogens is 458 g/mol. The average Bonchev–Trinajstić information content (AvgIpc) is 3.28. The molecule has 5 heterocycles. The Labute approximate surface area is 206 Å². The molecule has 1 N–H and O–H groups in total. The normalized spacial score (nSPS) is 13.7. The van der Waals surface area contributed by atoms with Gasteiger partial charge in [-0.1, -0.05) is 42.8 Å². The zero-order chi connectivity index (χ0) is 24.1. The van der Waals surface area contributed by atoms with Gasteiger partial charge in [0.2, 0.25) is 0 Å². The average molecular weight is 484 g/mol. The van der Waals surface area contributed by atoms with Crippen molar-refractivity contribution >= 4 is 38.9 Å². The van der Waals surface area contributed by atoms with Gasteiger partial charge >= 0.3 is 0 Å². The van der Waals surface area contributed by atoms with Crippen molar-refractivity contribution in [2.75, 3.05) is 5.32 Å². The van der Waals surface area contributed by atoms with Crippen LogP contribution in [0.2, 0.25) is 0 Å². The molecule has 0 fully saturated rings. The Balaban J connectivity index is 1.47. The van der Waals surface area contributed by atoms with Crippen molar-refractivity contribution in [2.45, 2.75) is 46.1 Å². The quantitative estimate of drug-likeness (QED) is 0.374. The molecule has 0 aliphatic carbocycles. The van der Waals surface area contributed by atoms with Crippen LogP contribution in [0.15, 0.2) is 53.5 Å². The summed E-state index contributed by atoms with van der Waals surface area (Å²) in [6.45, 7) is 4.54. The standard InChI is InChI=1S/C27H25N5O2S/c1-16-10-9-15-32-23(16)29-21(18-11-5-3-6-12-18)24(32)30-25(33)22-17(2)20-26(35-22)28-19-13-7-4-8-14-31(19)27(20)34/h3,5-6,9-12,15H,4,7-8,13-14H2,1-2H3,(H,30,33). The van der Waals surface area contributed by atoms with Gasteiger partial charge in [-0.15, -0.1) is 11.3 Å². The zero-order valence-electron chi connectivity index (χ0n) is 19.7. The minimum Gasteiger partial charge on any atom is -0.305 e. The van der Waals surface area contributed by atoms with E-state index in [9.17, 15) is 9.59 Å². The highest BCUT2D eigenvalue weighted by Crippen LogP contribution is 2.33. The van der Waals surface area contributed by atoms with E-state index in [1.165, 1.54) is 11.3 Å². The maximum absolute atomic E-state index is 13.6. The maximum Gasteiger partial charge on any atom is 0.267 e. The SMILES string of the molecule is Cc1c(C(=O)Nc2c(-c3ccccc3)nc3c(C)cccn23)sc2nc3n(c(=O)c12)CCCCC3. The molecule has 0 saturated carbocycles. The van der Waals surface area contributed by atoms with Crippen molar-refractivity contribution in [2.24, 2.45) is 0 Å². The van der Waals surface area contributed by atoms with Crippen LogP contribution in [0.5, 0.6) is 0 Å². The van der Waals surface area contributed by atoms with E-state index in [0.29, 0.717) is 38.7 Å². The minimum atomic E-state index is -0.259. The molecule has 4 aromatic heterocycles. The number of aryl methyl sites for hydroxylation is 3. The summed E-state index contributed by atoms with van der Waals surface area (Å²) in [7, 11) is 0. The molecule has 7 nitrogen and oxygen atoms in total. The Kier molecular flexibility index (Phi) is 5.25. The first-order chi connectivity index (χ1) is 17.0. The van der Waals surface area contributed by atoms with Crippen LogP contribution >= 0.6 is 11.3 Å². The van der Waals surface area contributed by atoms with Gasteiger partial charge in [0.25, 0.3) is 11.5 Å². The number of aromatic nitrogens is 4. The molecule has 8 heteroatoms. The Hall–Kier alpha value is -3.78. The number of nitrogens with one attached hydrogen (secondary N) is 1. The highest BCUT2D eigenvalue weighted by Gasteiger charge is 2.24. The molecule has 0 atom stereocenters. The van der Waals surface area contributed by atoms with Gasteiger partial charge in [0.15, 0.2) is 0 Å². The fourth-order valence-corrected chi connectivity index (χ4v) is 6.00. The van der Waals surface area contributed by atoms with Gasteiger partial charge in [-0.3, -0.25) is 18.6 Å². The number of imidazole rings is 1. The fraction of sp³-hybridized carbons (Fsp3) is 0.259. The Bertz CT molecular complexity index is 1660. The smallest absolute Gasteiger partial charge is 0.267 e. The lowest BCUT2D eigenvalue weighted by atomic mass is 10.1. The summed E-state index contributed by atoms with van der Waals surface area (Å²) >= 11 is 1.29. The lowest BCUT2D eigenvalue weighted by Crippen LogP contribution is -2.24. The van der Waals surface area contributed by atoms with Gasteiger partial charge in [0.1, 0.15) is 27.8 Å². The fourth-order valence-electron chi connectivity index (χ4n) is 4.91. The molecule has 176 valence electrons. The predicted octanol–water partition coefficient (Wildman–Crippen LogP) is 5.37. The molecule has 0 saturated heterocycles. The number of hydrogen-bond donors (Lipinski definition) is 1. The Morgan fingerprint density at radius 1 is 1.03 bits per heavy atom. The van der Waals surface area contributed by atoms with Crippen molar-refractivity contribution in [3.63, 3.8) is 0 Å². The van der Waals surface area contributed by atoms with Gasteiger partial charge in [-0.05, 0) is 43.9 Å². The summed E-state index contributed by atoms with van der Waals surface area (Å²) in [5.74, 6) is 1.18. The van der Waals surface area contributed by atoms with Gasteiger partial charge < -0.3 is 5.32 Å².